The molecule has 1 saturated carbocycles. The molecule has 134 valence electrons. The van der Waals surface area contributed by atoms with Gasteiger partial charge in [-0.25, -0.2) is 0 Å². The van der Waals surface area contributed by atoms with Gasteiger partial charge in [0, 0.05) is 5.92 Å². The summed E-state index contributed by atoms with van der Waals surface area (Å²) in [6.45, 7) is -0.132. The molecule has 26 heavy (non-hydrogen) atoms. The molecule has 1 aliphatic rings. The first-order valence-electron chi connectivity index (χ1n) is 8.21. The third kappa shape index (κ3) is 3.55. The normalized spacial score (nSPS) is 13.4. The van der Waals surface area contributed by atoms with E-state index in [1.807, 2.05) is 23.6 Å². The van der Waals surface area contributed by atoms with E-state index in [1.165, 1.54) is 11.3 Å². The summed E-state index contributed by atoms with van der Waals surface area (Å²) < 4.78 is 16.1. The van der Waals surface area contributed by atoms with E-state index in [2.05, 4.69) is 15.5 Å². The molecule has 7 nitrogen and oxygen atoms in total. The number of para-hydroxylation sites is 2. The fraction of sp³-hybridized carbons (Fsp3) is 0.278. The third-order valence-electron chi connectivity index (χ3n) is 3.95. The first-order valence-corrected chi connectivity index (χ1v) is 9.09. The van der Waals surface area contributed by atoms with Gasteiger partial charge < -0.3 is 19.3 Å². The number of carbonyl (C=O) groups is 1. The van der Waals surface area contributed by atoms with Crippen molar-refractivity contribution in [2.75, 3.05) is 19.0 Å². The highest BCUT2D eigenvalue weighted by molar-refractivity contribution is 7.14. The van der Waals surface area contributed by atoms with Gasteiger partial charge in [-0.2, -0.15) is 4.98 Å². The number of benzene rings is 1. The molecular formula is C18H17N3O4S. The molecule has 1 N–H and O–H groups in total. The predicted octanol–water partition coefficient (Wildman–Crippen LogP) is 3.70. The zero-order chi connectivity index (χ0) is 17.9. The Bertz CT molecular complexity index is 917. The second kappa shape index (κ2) is 7.17. The Kier molecular flexibility index (Phi) is 4.57. The van der Waals surface area contributed by atoms with E-state index >= 15 is 0 Å². The molecule has 0 atom stereocenters. The lowest BCUT2D eigenvalue weighted by molar-refractivity contribution is -0.118. The zero-order valence-corrected chi connectivity index (χ0v) is 14.9. The maximum absolute atomic E-state index is 12.3. The van der Waals surface area contributed by atoms with Gasteiger partial charge in [0.05, 0.1) is 12.8 Å². The molecule has 1 fully saturated rings. The Hall–Kier alpha value is -2.87. The Morgan fingerprint density at radius 2 is 2.12 bits per heavy atom. The summed E-state index contributed by atoms with van der Waals surface area (Å²) in [6.07, 6.45) is 2.21. The van der Waals surface area contributed by atoms with Gasteiger partial charge >= 0.3 is 0 Å². The van der Waals surface area contributed by atoms with E-state index in [1.54, 1.807) is 19.2 Å². The summed E-state index contributed by atoms with van der Waals surface area (Å²) in [5, 5.41) is 8.72. The van der Waals surface area contributed by atoms with E-state index in [0.29, 0.717) is 29.0 Å². The van der Waals surface area contributed by atoms with E-state index in [4.69, 9.17) is 14.0 Å². The molecule has 3 aromatic rings. The second-order valence-electron chi connectivity index (χ2n) is 5.88. The summed E-state index contributed by atoms with van der Waals surface area (Å²) in [4.78, 5) is 17.4. The van der Waals surface area contributed by atoms with Crippen molar-refractivity contribution in [2.45, 2.75) is 18.8 Å². The van der Waals surface area contributed by atoms with Gasteiger partial charge in [0.2, 0.25) is 0 Å². The molecule has 0 unspecified atom stereocenters. The first kappa shape index (κ1) is 16.6. The van der Waals surface area contributed by atoms with Crippen LogP contribution in [0.25, 0.3) is 10.8 Å². The molecule has 0 bridgehead atoms. The van der Waals surface area contributed by atoms with Crippen LogP contribution in [0, 0.1) is 0 Å². The molecule has 0 radical (unpaired) electrons. The van der Waals surface area contributed by atoms with Crippen LogP contribution < -0.4 is 14.8 Å². The van der Waals surface area contributed by atoms with E-state index in [-0.39, 0.29) is 12.5 Å². The standard InChI is InChI=1S/C18H17N3O4S/c1-23-13-4-2-3-5-14(13)24-10-15(22)19-12-8-9-26-16(12)18-20-17(21-25-18)11-6-7-11/h2-5,8-9,11H,6-7,10H2,1H3,(H,19,22). The highest BCUT2D eigenvalue weighted by Gasteiger charge is 2.29. The number of nitrogens with one attached hydrogen (secondary N) is 1. The second-order valence-corrected chi connectivity index (χ2v) is 6.80. The quantitative estimate of drug-likeness (QED) is 0.681. The number of hydrogen-bond donors (Lipinski definition) is 1. The minimum absolute atomic E-state index is 0.132. The first-order chi connectivity index (χ1) is 12.7. The number of aromatic nitrogens is 2. The average molecular weight is 371 g/mol. The highest BCUT2D eigenvalue weighted by atomic mass is 32.1. The Labute approximate surface area is 153 Å². The van der Waals surface area contributed by atoms with E-state index in [0.717, 1.165) is 23.5 Å². The largest absolute Gasteiger partial charge is 0.493 e. The lowest BCUT2D eigenvalue weighted by Crippen LogP contribution is -2.20. The van der Waals surface area contributed by atoms with Gasteiger partial charge in [0.25, 0.3) is 11.8 Å². The molecule has 2 heterocycles. The van der Waals surface area contributed by atoms with Crippen LogP contribution in [-0.4, -0.2) is 29.8 Å². The fourth-order valence-corrected chi connectivity index (χ4v) is 3.25. The van der Waals surface area contributed by atoms with Gasteiger partial charge in [0.15, 0.2) is 23.9 Å². The van der Waals surface area contributed by atoms with Crippen molar-refractivity contribution in [3.63, 3.8) is 0 Å². The number of hydrogen-bond acceptors (Lipinski definition) is 7. The lowest BCUT2D eigenvalue weighted by atomic mass is 10.3. The van der Waals surface area contributed by atoms with Crippen molar-refractivity contribution in [1.29, 1.82) is 0 Å². The summed E-state index contributed by atoms with van der Waals surface area (Å²) in [5.41, 5.74) is 0.634. The van der Waals surface area contributed by atoms with E-state index < -0.39 is 0 Å². The number of nitrogens with zero attached hydrogens (tertiary/aromatic N) is 2. The Balaban J connectivity index is 1.41. The van der Waals surface area contributed by atoms with Gasteiger partial charge in [-0.15, -0.1) is 11.3 Å². The van der Waals surface area contributed by atoms with Crippen molar-refractivity contribution in [3.8, 4) is 22.3 Å². The van der Waals surface area contributed by atoms with Crippen LogP contribution in [-0.2, 0) is 4.79 Å². The number of rotatable bonds is 7. The van der Waals surface area contributed by atoms with Crippen molar-refractivity contribution in [2.24, 2.45) is 0 Å². The maximum Gasteiger partial charge on any atom is 0.270 e. The van der Waals surface area contributed by atoms with Gasteiger partial charge in [-0.05, 0) is 36.4 Å². The highest BCUT2D eigenvalue weighted by Crippen LogP contribution is 2.40. The van der Waals surface area contributed by atoms with Gasteiger partial charge in [-0.1, -0.05) is 17.3 Å². The number of methoxy groups -OCH3 is 1. The van der Waals surface area contributed by atoms with Crippen LogP contribution in [0.4, 0.5) is 5.69 Å². The van der Waals surface area contributed by atoms with Crippen LogP contribution in [0.15, 0.2) is 40.2 Å². The SMILES string of the molecule is COc1ccccc1OCC(=O)Nc1ccsc1-c1nc(C2CC2)no1. The predicted molar refractivity (Wildman–Crippen MR) is 96.7 cm³/mol. The molecular weight excluding hydrogens is 354 g/mol. The minimum atomic E-state index is -0.280. The Morgan fingerprint density at radius 1 is 1.31 bits per heavy atom. The minimum Gasteiger partial charge on any atom is -0.493 e. The van der Waals surface area contributed by atoms with E-state index in [9.17, 15) is 4.79 Å². The summed E-state index contributed by atoms with van der Waals surface area (Å²) in [6, 6.07) is 8.99. The molecule has 1 aliphatic carbocycles. The van der Waals surface area contributed by atoms with Crippen molar-refractivity contribution in [3.05, 3.63) is 41.5 Å². The zero-order valence-electron chi connectivity index (χ0n) is 14.1. The fourth-order valence-electron chi connectivity index (χ4n) is 2.48. The lowest BCUT2D eigenvalue weighted by Gasteiger charge is -2.10. The summed E-state index contributed by atoms with van der Waals surface area (Å²) in [5.74, 6) is 2.40. The van der Waals surface area contributed by atoms with Crippen LogP contribution in [0.2, 0.25) is 0 Å². The average Bonchev–Trinajstić information content (AvgIpc) is 3.22. The van der Waals surface area contributed by atoms with Crippen molar-refractivity contribution < 1.29 is 18.8 Å². The molecule has 0 spiro atoms. The maximum atomic E-state index is 12.3. The molecule has 4 rings (SSSR count). The molecule has 0 saturated heterocycles. The van der Waals surface area contributed by atoms with Gasteiger partial charge in [-0.3, -0.25) is 4.79 Å². The number of anilines is 1. The van der Waals surface area contributed by atoms with Crippen LogP contribution in [0.5, 0.6) is 11.5 Å². The van der Waals surface area contributed by atoms with Crippen molar-refractivity contribution >= 4 is 22.9 Å². The van der Waals surface area contributed by atoms with Crippen LogP contribution in [0.3, 0.4) is 0 Å². The molecule has 2 aromatic heterocycles. The molecule has 0 aliphatic heterocycles. The van der Waals surface area contributed by atoms with Crippen molar-refractivity contribution in [1.82, 2.24) is 10.1 Å². The van der Waals surface area contributed by atoms with Crippen LogP contribution in [0.1, 0.15) is 24.6 Å². The number of amides is 1. The molecule has 1 amide bonds. The topological polar surface area (TPSA) is 86.5 Å². The molecule has 1 aromatic carbocycles. The summed E-state index contributed by atoms with van der Waals surface area (Å²) in [7, 11) is 1.56. The summed E-state index contributed by atoms with van der Waals surface area (Å²) >= 11 is 1.44. The monoisotopic (exact) mass is 371 g/mol. The Morgan fingerprint density at radius 3 is 2.88 bits per heavy atom. The van der Waals surface area contributed by atoms with Crippen LogP contribution >= 0.6 is 11.3 Å². The smallest absolute Gasteiger partial charge is 0.270 e. The molecule has 8 heteroatoms. The number of ether oxygens (including phenoxy) is 2. The number of thiophene rings is 1. The third-order valence-corrected chi connectivity index (χ3v) is 4.85. The number of carbonyl (C=O) groups excluding carboxylic acids is 1. The van der Waals surface area contributed by atoms with Gasteiger partial charge in [0.1, 0.15) is 4.88 Å².